The van der Waals surface area contributed by atoms with Crippen molar-refractivity contribution in [3.05, 3.63) is 17.5 Å². The Balaban J connectivity index is 2.23. The third kappa shape index (κ3) is 2.60. The minimum atomic E-state index is -0.973. The Morgan fingerprint density at radius 3 is 2.50 bits per heavy atom. The molecule has 0 amide bonds. The molecule has 0 spiro atoms. The molecule has 1 aromatic heterocycles. The van der Waals surface area contributed by atoms with Gasteiger partial charge in [0.25, 0.3) is 0 Å². The van der Waals surface area contributed by atoms with Gasteiger partial charge in [0.05, 0.1) is 11.3 Å². The predicted molar refractivity (Wildman–Crippen MR) is 68.9 cm³/mol. The summed E-state index contributed by atoms with van der Waals surface area (Å²) in [5.74, 6) is 0.920. The minimum Gasteiger partial charge on any atom is -0.478 e. The van der Waals surface area contributed by atoms with Crippen LogP contribution in [0, 0.1) is 18.8 Å². The van der Waals surface area contributed by atoms with Crippen LogP contribution in [-0.4, -0.2) is 34.1 Å². The summed E-state index contributed by atoms with van der Waals surface area (Å²) in [6, 6.07) is 0. The van der Waals surface area contributed by atoms with E-state index in [1.165, 1.54) is 12.6 Å². The van der Waals surface area contributed by atoms with Crippen LogP contribution in [0.25, 0.3) is 0 Å². The molecule has 2 rings (SSSR count). The van der Waals surface area contributed by atoms with Gasteiger partial charge in [-0.1, -0.05) is 13.8 Å². The highest BCUT2D eigenvalue weighted by Crippen LogP contribution is 2.24. The molecule has 1 aromatic rings. The van der Waals surface area contributed by atoms with E-state index in [2.05, 4.69) is 28.7 Å². The fourth-order valence-corrected chi connectivity index (χ4v) is 2.64. The first-order chi connectivity index (χ1) is 8.47. The van der Waals surface area contributed by atoms with Gasteiger partial charge in [-0.15, -0.1) is 0 Å². The number of aromatic carboxylic acids is 1. The molecule has 0 aliphatic carbocycles. The van der Waals surface area contributed by atoms with Crippen molar-refractivity contribution in [2.75, 3.05) is 18.0 Å². The maximum absolute atomic E-state index is 10.9. The van der Waals surface area contributed by atoms with Crippen molar-refractivity contribution >= 4 is 11.9 Å². The van der Waals surface area contributed by atoms with E-state index in [0.29, 0.717) is 23.5 Å². The van der Waals surface area contributed by atoms with Gasteiger partial charge in [0, 0.05) is 19.3 Å². The van der Waals surface area contributed by atoms with Crippen LogP contribution < -0.4 is 4.90 Å². The van der Waals surface area contributed by atoms with Crippen LogP contribution in [0.15, 0.2) is 6.20 Å². The fourth-order valence-electron chi connectivity index (χ4n) is 2.64. The molecular weight excluding hydrogens is 230 g/mol. The first-order valence-corrected chi connectivity index (χ1v) is 6.29. The molecule has 1 N–H and O–H groups in total. The van der Waals surface area contributed by atoms with Crippen molar-refractivity contribution in [3.8, 4) is 0 Å². The summed E-state index contributed by atoms with van der Waals surface area (Å²) >= 11 is 0. The molecule has 18 heavy (non-hydrogen) atoms. The second-order valence-corrected chi connectivity index (χ2v) is 5.33. The first kappa shape index (κ1) is 12.8. The van der Waals surface area contributed by atoms with Crippen LogP contribution in [-0.2, 0) is 0 Å². The van der Waals surface area contributed by atoms with Crippen molar-refractivity contribution in [2.24, 2.45) is 11.8 Å². The quantitative estimate of drug-likeness (QED) is 0.868. The van der Waals surface area contributed by atoms with E-state index >= 15 is 0 Å². The lowest BCUT2D eigenvalue weighted by molar-refractivity contribution is 0.0695. The number of nitrogens with zero attached hydrogens (tertiary/aromatic N) is 3. The number of rotatable bonds is 2. The molecule has 1 fully saturated rings. The largest absolute Gasteiger partial charge is 0.478 e. The van der Waals surface area contributed by atoms with E-state index in [1.54, 1.807) is 6.92 Å². The molecule has 2 heterocycles. The first-order valence-electron chi connectivity index (χ1n) is 6.29. The summed E-state index contributed by atoms with van der Waals surface area (Å²) < 4.78 is 0. The minimum absolute atomic E-state index is 0.178. The predicted octanol–water partition coefficient (Wildman–Crippen LogP) is 1.97. The summed E-state index contributed by atoms with van der Waals surface area (Å²) in [7, 11) is 0. The average Bonchev–Trinajstić information content (AvgIpc) is 2.26. The van der Waals surface area contributed by atoms with Crippen LogP contribution in [0.5, 0.6) is 0 Å². The van der Waals surface area contributed by atoms with Gasteiger partial charge in [-0.3, -0.25) is 0 Å². The van der Waals surface area contributed by atoms with Crippen LogP contribution in [0.3, 0.4) is 0 Å². The zero-order valence-corrected chi connectivity index (χ0v) is 11.1. The van der Waals surface area contributed by atoms with E-state index in [9.17, 15) is 4.79 Å². The van der Waals surface area contributed by atoms with E-state index < -0.39 is 5.97 Å². The highest BCUT2D eigenvalue weighted by Gasteiger charge is 2.24. The van der Waals surface area contributed by atoms with Crippen molar-refractivity contribution < 1.29 is 9.90 Å². The summed E-state index contributed by atoms with van der Waals surface area (Å²) in [5, 5.41) is 8.96. The Morgan fingerprint density at radius 2 is 2.00 bits per heavy atom. The highest BCUT2D eigenvalue weighted by molar-refractivity contribution is 5.88. The lowest BCUT2D eigenvalue weighted by Crippen LogP contribution is -2.39. The van der Waals surface area contributed by atoms with Crippen LogP contribution in [0.1, 0.15) is 36.3 Å². The lowest BCUT2D eigenvalue weighted by Gasteiger charge is -2.35. The van der Waals surface area contributed by atoms with Gasteiger partial charge in [-0.2, -0.15) is 0 Å². The molecule has 1 saturated heterocycles. The van der Waals surface area contributed by atoms with Crippen molar-refractivity contribution in [1.82, 2.24) is 9.97 Å². The Hall–Kier alpha value is -1.65. The number of anilines is 1. The zero-order valence-electron chi connectivity index (χ0n) is 11.1. The smallest absolute Gasteiger partial charge is 0.339 e. The zero-order chi connectivity index (χ0) is 13.3. The standard InChI is InChI=1S/C13H19N3O2/c1-8-4-9(2)7-16(6-8)13-14-5-11(12(17)18)10(3)15-13/h5,8-9H,4,6-7H2,1-3H3,(H,17,18)/t8-,9-/m1/s1. The van der Waals surface area contributed by atoms with Crippen LogP contribution >= 0.6 is 0 Å². The van der Waals surface area contributed by atoms with E-state index in [1.807, 2.05) is 0 Å². The molecule has 0 unspecified atom stereocenters. The summed E-state index contributed by atoms with van der Waals surface area (Å²) in [5.41, 5.74) is 0.704. The normalized spacial score (nSPS) is 24.1. The lowest BCUT2D eigenvalue weighted by atomic mass is 9.92. The maximum Gasteiger partial charge on any atom is 0.339 e. The number of carbonyl (C=O) groups is 1. The van der Waals surface area contributed by atoms with E-state index in [0.717, 1.165) is 13.1 Å². The molecule has 0 saturated carbocycles. The van der Waals surface area contributed by atoms with Gasteiger partial charge in [-0.05, 0) is 25.2 Å². The van der Waals surface area contributed by atoms with Gasteiger partial charge < -0.3 is 10.0 Å². The van der Waals surface area contributed by atoms with Crippen molar-refractivity contribution in [1.29, 1.82) is 0 Å². The average molecular weight is 249 g/mol. The molecule has 98 valence electrons. The van der Waals surface area contributed by atoms with Gasteiger partial charge >= 0.3 is 5.97 Å². The molecule has 5 nitrogen and oxygen atoms in total. The molecule has 1 aliphatic rings. The SMILES string of the molecule is Cc1nc(N2C[C@H](C)C[C@@H](C)C2)ncc1C(=O)O. The summed E-state index contributed by atoms with van der Waals surface area (Å²) in [6.45, 7) is 8.04. The number of piperidine rings is 1. The topological polar surface area (TPSA) is 66.3 Å². The molecule has 0 aromatic carbocycles. The number of carboxylic acid groups (broad SMARTS) is 1. The second kappa shape index (κ2) is 4.92. The molecular formula is C13H19N3O2. The Labute approximate surface area is 107 Å². The van der Waals surface area contributed by atoms with Gasteiger partial charge in [0.2, 0.25) is 5.95 Å². The monoisotopic (exact) mass is 249 g/mol. The van der Waals surface area contributed by atoms with Crippen LogP contribution in [0.4, 0.5) is 5.95 Å². The number of hydrogen-bond acceptors (Lipinski definition) is 4. The van der Waals surface area contributed by atoms with Crippen molar-refractivity contribution in [3.63, 3.8) is 0 Å². The van der Waals surface area contributed by atoms with Gasteiger partial charge in [-0.25, -0.2) is 14.8 Å². The number of aromatic nitrogens is 2. The number of hydrogen-bond donors (Lipinski definition) is 1. The fraction of sp³-hybridized carbons (Fsp3) is 0.615. The van der Waals surface area contributed by atoms with Crippen molar-refractivity contribution in [2.45, 2.75) is 27.2 Å². The van der Waals surface area contributed by atoms with Gasteiger partial charge in [0.1, 0.15) is 0 Å². The molecule has 5 heteroatoms. The Morgan fingerprint density at radius 1 is 1.39 bits per heavy atom. The Kier molecular flexibility index (Phi) is 3.50. The molecule has 0 radical (unpaired) electrons. The molecule has 0 bridgehead atoms. The number of carboxylic acids is 1. The second-order valence-electron chi connectivity index (χ2n) is 5.33. The summed E-state index contributed by atoms with van der Waals surface area (Å²) in [6.07, 6.45) is 2.63. The number of aryl methyl sites for hydroxylation is 1. The van der Waals surface area contributed by atoms with E-state index in [4.69, 9.17) is 5.11 Å². The summed E-state index contributed by atoms with van der Waals surface area (Å²) in [4.78, 5) is 21.6. The third-order valence-electron chi connectivity index (χ3n) is 3.35. The van der Waals surface area contributed by atoms with Gasteiger partial charge in [0.15, 0.2) is 0 Å². The van der Waals surface area contributed by atoms with Crippen LogP contribution in [0.2, 0.25) is 0 Å². The Bertz CT molecular complexity index is 452. The third-order valence-corrected chi connectivity index (χ3v) is 3.35. The molecule has 2 atom stereocenters. The maximum atomic E-state index is 10.9. The molecule has 1 aliphatic heterocycles. The van der Waals surface area contributed by atoms with E-state index in [-0.39, 0.29) is 5.56 Å². The highest BCUT2D eigenvalue weighted by atomic mass is 16.4.